The largest absolute Gasteiger partial charge is 0.367 e. The Kier molecular flexibility index (Phi) is 3.27. The lowest BCUT2D eigenvalue weighted by molar-refractivity contribution is 0.666. The van der Waals surface area contributed by atoms with Crippen molar-refractivity contribution in [3.05, 3.63) is 22.2 Å². The molecule has 0 amide bonds. The zero-order valence-corrected chi connectivity index (χ0v) is 9.92. The Morgan fingerprint density at radius 1 is 1.50 bits per heavy atom. The second kappa shape index (κ2) is 4.68. The van der Waals surface area contributed by atoms with Crippen LogP contribution in [0.4, 0.5) is 5.82 Å². The van der Waals surface area contributed by atoms with E-state index in [2.05, 4.69) is 29.1 Å². The Bertz CT molecular complexity index is 405. The lowest BCUT2D eigenvalue weighted by Crippen LogP contribution is -2.21. The van der Waals surface area contributed by atoms with Gasteiger partial charge in [-0.2, -0.15) is 0 Å². The summed E-state index contributed by atoms with van der Waals surface area (Å²) in [6.07, 6.45) is 4.39. The smallest absolute Gasteiger partial charge is 0.252 e. The van der Waals surface area contributed by atoms with Crippen molar-refractivity contribution >= 4 is 5.82 Å². The van der Waals surface area contributed by atoms with Crippen LogP contribution in [0.1, 0.15) is 51.3 Å². The molecule has 0 unspecified atom stereocenters. The first-order valence-electron chi connectivity index (χ1n) is 6.10. The predicted molar refractivity (Wildman–Crippen MR) is 64.8 cm³/mol. The second-order valence-corrected chi connectivity index (χ2v) is 4.45. The predicted octanol–water partition coefficient (Wildman–Crippen LogP) is 2.25. The summed E-state index contributed by atoms with van der Waals surface area (Å²) in [4.78, 5) is 18.7. The van der Waals surface area contributed by atoms with Crippen molar-refractivity contribution < 1.29 is 0 Å². The fourth-order valence-corrected chi connectivity index (χ4v) is 1.80. The maximum Gasteiger partial charge on any atom is 0.252 e. The maximum absolute atomic E-state index is 11.5. The molecule has 0 aliphatic heterocycles. The van der Waals surface area contributed by atoms with E-state index in [9.17, 15) is 4.79 Å². The summed E-state index contributed by atoms with van der Waals surface area (Å²) in [5, 5.41) is 3.31. The standard InChI is InChI=1S/C12H19N3O/c1-3-9(4-2)13-10-7-11(16)15-12(14-10)8-5-6-8/h7-9H,3-6H2,1-2H3,(H2,13,14,15,16). The average molecular weight is 221 g/mol. The molecule has 1 aromatic rings. The average Bonchev–Trinajstić information content (AvgIpc) is 3.08. The van der Waals surface area contributed by atoms with E-state index in [1.807, 2.05) is 0 Å². The molecule has 0 aromatic carbocycles. The van der Waals surface area contributed by atoms with Crippen LogP contribution in [0, 0.1) is 0 Å². The number of H-pyrrole nitrogens is 1. The highest BCUT2D eigenvalue weighted by Crippen LogP contribution is 2.37. The molecule has 1 aliphatic carbocycles. The van der Waals surface area contributed by atoms with Gasteiger partial charge in [0.2, 0.25) is 0 Å². The van der Waals surface area contributed by atoms with Crippen LogP contribution >= 0.6 is 0 Å². The first kappa shape index (κ1) is 11.2. The fraction of sp³-hybridized carbons (Fsp3) is 0.667. The van der Waals surface area contributed by atoms with Crippen LogP contribution in [0.15, 0.2) is 10.9 Å². The number of rotatable bonds is 5. The van der Waals surface area contributed by atoms with Gasteiger partial charge in [-0.1, -0.05) is 13.8 Å². The molecule has 2 rings (SSSR count). The molecule has 1 aromatic heterocycles. The summed E-state index contributed by atoms with van der Waals surface area (Å²) in [6, 6.07) is 1.95. The van der Waals surface area contributed by atoms with Gasteiger partial charge in [-0.3, -0.25) is 4.79 Å². The minimum absolute atomic E-state index is 0.0506. The van der Waals surface area contributed by atoms with Crippen molar-refractivity contribution in [3.8, 4) is 0 Å². The Labute approximate surface area is 95.5 Å². The number of anilines is 1. The van der Waals surface area contributed by atoms with Crippen LogP contribution in [-0.2, 0) is 0 Å². The van der Waals surface area contributed by atoms with Crippen LogP contribution in [-0.4, -0.2) is 16.0 Å². The summed E-state index contributed by atoms with van der Waals surface area (Å²) in [5.74, 6) is 2.05. The Morgan fingerprint density at radius 3 is 2.75 bits per heavy atom. The van der Waals surface area contributed by atoms with E-state index in [0.717, 1.165) is 37.3 Å². The summed E-state index contributed by atoms with van der Waals surface area (Å²) >= 11 is 0. The zero-order valence-electron chi connectivity index (χ0n) is 9.92. The van der Waals surface area contributed by atoms with Gasteiger partial charge < -0.3 is 10.3 Å². The van der Waals surface area contributed by atoms with Crippen LogP contribution in [0.2, 0.25) is 0 Å². The van der Waals surface area contributed by atoms with Gasteiger partial charge in [0.1, 0.15) is 11.6 Å². The molecule has 4 nitrogen and oxygen atoms in total. The molecule has 1 fully saturated rings. The highest BCUT2D eigenvalue weighted by molar-refractivity contribution is 5.35. The normalized spacial score (nSPS) is 15.4. The lowest BCUT2D eigenvalue weighted by atomic mass is 10.2. The number of hydrogen-bond donors (Lipinski definition) is 2. The molecule has 16 heavy (non-hydrogen) atoms. The monoisotopic (exact) mass is 221 g/mol. The molecule has 1 saturated carbocycles. The number of nitrogens with one attached hydrogen (secondary N) is 2. The lowest BCUT2D eigenvalue weighted by Gasteiger charge is -2.15. The second-order valence-electron chi connectivity index (χ2n) is 4.45. The van der Waals surface area contributed by atoms with E-state index in [0.29, 0.717) is 12.0 Å². The van der Waals surface area contributed by atoms with Gasteiger partial charge in [-0.05, 0) is 25.7 Å². The first-order chi connectivity index (χ1) is 7.72. The number of hydrogen-bond acceptors (Lipinski definition) is 3. The Morgan fingerprint density at radius 2 is 2.19 bits per heavy atom. The van der Waals surface area contributed by atoms with E-state index in [4.69, 9.17) is 0 Å². The SMILES string of the molecule is CCC(CC)Nc1cc(=O)[nH]c(C2CC2)n1. The molecule has 1 aliphatic rings. The third-order valence-corrected chi connectivity index (χ3v) is 3.06. The Hall–Kier alpha value is -1.32. The molecule has 1 heterocycles. The summed E-state index contributed by atoms with van der Waals surface area (Å²) in [6.45, 7) is 4.27. The van der Waals surface area contributed by atoms with Crippen molar-refractivity contribution in [1.29, 1.82) is 0 Å². The quantitative estimate of drug-likeness (QED) is 0.801. The molecular formula is C12H19N3O. The number of nitrogens with zero attached hydrogens (tertiary/aromatic N) is 1. The number of aromatic nitrogens is 2. The Balaban J connectivity index is 2.16. The van der Waals surface area contributed by atoms with E-state index in [-0.39, 0.29) is 5.56 Å². The molecular weight excluding hydrogens is 202 g/mol. The summed E-state index contributed by atoms with van der Waals surface area (Å²) in [5.41, 5.74) is -0.0506. The molecule has 0 spiro atoms. The van der Waals surface area contributed by atoms with Gasteiger partial charge in [0.15, 0.2) is 0 Å². The number of aromatic amines is 1. The molecule has 0 atom stereocenters. The first-order valence-corrected chi connectivity index (χ1v) is 6.10. The molecule has 0 saturated heterocycles. The minimum atomic E-state index is -0.0506. The summed E-state index contributed by atoms with van der Waals surface area (Å²) < 4.78 is 0. The van der Waals surface area contributed by atoms with Crippen molar-refractivity contribution in [2.45, 2.75) is 51.5 Å². The van der Waals surface area contributed by atoms with Crippen molar-refractivity contribution in [3.63, 3.8) is 0 Å². The van der Waals surface area contributed by atoms with Crippen molar-refractivity contribution in [2.75, 3.05) is 5.32 Å². The van der Waals surface area contributed by atoms with Crippen LogP contribution in [0.5, 0.6) is 0 Å². The van der Waals surface area contributed by atoms with Crippen LogP contribution in [0.3, 0.4) is 0 Å². The van der Waals surface area contributed by atoms with Crippen LogP contribution in [0.25, 0.3) is 0 Å². The summed E-state index contributed by atoms with van der Waals surface area (Å²) in [7, 11) is 0. The fourth-order valence-electron chi connectivity index (χ4n) is 1.80. The molecule has 4 heteroatoms. The van der Waals surface area contributed by atoms with E-state index >= 15 is 0 Å². The highest BCUT2D eigenvalue weighted by Gasteiger charge is 2.26. The third kappa shape index (κ3) is 2.62. The highest BCUT2D eigenvalue weighted by atomic mass is 16.1. The van der Waals surface area contributed by atoms with Crippen molar-refractivity contribution in [1.82, 2.24) is 9.97 Å². The van der Waals surface area contributed by atoms with Gasteiger partial charge in [-0.15, -0.1) is 0 Å². The molecule has 2 N–H and O–H groups in total. The zero-order chi connectivity index (χ0) is 11.5. The topological polar surface area (TPSA) is 57.8 Å². The third-order valence-electron chi connectivity index (χ3n) is 3.06. The van der Waals surface area contributed by atoms with E-state index < -0.39 is 0 Å². The van der Waals surface area contributed by atoms with Gasteiger partial charge in [0, 0.05) is 18.0 Å². The van der Waals surface area contributed by atoms with E-state index in [1.165, 1.54) is 0 Å². The van der Waals surface area contributed by atoms with Gasteiger partial charge in [0.25, 0.3) is 5.56 Å². The molecule has 0 radical (unpaired) electrons. The molecule has 88 valence electrons. The van der Waals surface area contributed by atoms with E-state index in [1.54, 1.807) is 6.07 Å². The van der Waals surface area contributed by atoms with Crippen molar-refractivity contribution in [2.24, 2.45) is 0 Å². The van der Waals surface area contributed by atoms with Gasteiger partial charge >= 0.3 is 0 Å². The minimum Gasteiger partial charge on any atom is -0.367 e. The molecule has 0 bridgehead atoms. The van der Waals surface area contributed by atoms with Gasteiger partial charge in [0.05, 0.1) is 0 Å². The van der Waals surface area contributed by atoms with Crippen LogP contribution < -0.4 is 10.9 Å². The maximum atomic E-state index is 11.5. The van der Waals surface area contributed by atoms with Gasteiger partial charge in [-0.25, -0.2) is 4.98 Å².